The lowest BCUT2D eigenvalue weighted by atomic mass is 10.1. The molecule has 1 heterocycles. The Morgan fingerprint density at radius 3 is 2.67 bits per heavy atom. The summed E-state index contributed by atoms with van der Waals surface area (Å²) in [5.74, 6) is -0.660. The van der Waals surface area contributed by atoms with E-state index in [-0.39, 0.29) is 17.8 Å². The van der Waals surface area contributed by atoms with E-state index in [0.29, 0.717) is 11.3 Å². The molecule has 1 aromatic heterocycles. The normalized spacial score (nSPS) is 11.5. The molecule has 1 aromatic carbocycles. The number of nitrogens with zero attached hydrogens (tertiary/aromatic N) is 1. The summed E-state index contributed by atoms with van der Waals surface area (Å²) in [5.41, 5.74) is 5.09. The molecule has 0 aliphatic rings. The van der Waals surface area contributed by atoms with Gasteiger partial charge in [-0.05, 0) is 24.6 Å². The van der Waals surface area contributed by atoms with Crippen LogP contribution in [0.1, 0.15) is 27.2 Å². The number of rotatable bonds is 3. The van der Waals surface area contributed by atoms with Gasteiger partial charge < -0.3 is 11.1 Å². The number of aromatic nitrogens is 2. The number of benzene rings is 1. The average molecular weight is 298 g/mol. The van der Waals surface area contributed by atoms with Crippen molar-refractivity contribution < 1.29 is 18.0 Å². The van der Waals surface area contributed by atoms with Gasteiger partial charge in [0.2, 0.25) is 0 Å². The van der Waals surface area contributed by atoms with Crippen LogP contribution in [0.3, 0.4) is 0 Å². The second-order valence-electron chi connectivity index (χ2n) is 4.44. The molecule has 0 fully saturated rings. The van der Waals surface area contributed by atoms with Crippen molar-refractivity contribution in [2.24, 2.45) is 5.73 Å². The number of nitrogens with one attached hydrogen (secondary N) is 2. The highest BCUT2D eigenvalue weighted by atomic mass is 19.4. The highest BCUT2D eigenvalue weighted by molar-refractivity contribution is 6.05. The fraction of sp³-hybridized carbons (Fsp3) is 0.231. The first-order valence-electron chi connectivity index (χ1n) is 6.04. The van der Waals surface area contributed by atoms with Crippen molar-refractivity contribution in [3.8, 4) is 0 Å². The molecule has 0 atom stereocenters. The van der Waals surface area contributed by atoms with Crippen LogP contribution >= 0.6 is 0 Å². The molecule has 2 rings (SSSR count). The van der Waals surface area contributed by atoms with Crippen molar-refractivity contribution in [1.29, 1.82) is 0 Å². The molecular formula is C13H13F3N4O. The van der Waals surface area contributed by atoms with E-state index in [1.165, 1.54) is 18.3 Å². The molecule has 5 nitrogen and oxygen atoms in total. The second kappa shape index (κ2) is 5.57. The van der Waals surface area contributed by atoms with E-state index in [1.54, 1.807) is 6.92 Å². The van der Waals surface area contributed by atoms with Crippen molar-refractivity contribution in [3.63, 3.8) is 0 Å². The number of alkyl halides is 3. The minimum atomic E-state index is -4.58. The van der Waals surface area contributed by atoms with Gasteiger partial charge in [-0.3, -0.25) is 9.89 Å². The number of amides is 1. The van der Waals surface area contributed by atoms with Gasteiger partial charge in [0, 0.05) is 12.2 Å². The molecule has 0 saturated carbocycles. The standard InChI is InChI=1S/C13H13F3N4O/c1-7-9(6-18-20-7)12(21)19-11-3-2-8(5-17)4-10(11)13(14,15)16/h2-4,6H,5,17H2,1H3,(H,18,20)(H,19,21). The molecule has 4 N–H and O–H groups in total. The van der Waals surface area contributed by atoms with E-state index in [1.807, 2.05) is 0 Å². The van der Waals surface area contributed by atoms with Crippen molar-refractivity contribution in [2.75, 3.05) is 5.32 Å². The summed E-state index contributed by atoms with van der Waals surface area (Å²) in [5, 5.41) is 8.46. The summed E-state index contributed by atoms with van der Waals surface area (Å²) in [6.07, 6.45) is -3.33. The monoisotopic (exact) mass is 298 g/mol. The lowest BCUT2D eigenvalue weighted by Gasteiger charge is -2.15. The van der Waals surface area contributed by atoms with Gasteiger partial charge in [-0.15, -0.1) is 0 Å². The zero-order valence-electron chi connectivity index (χ0n) is 11.1. The Bertz CT molecular complexity index is 664. The molecule has 0 spiro atoms. The van der Waals surface area contributed by atoms with E-state index in [9.17, 15) is 18.0 Å². The van der Waals surface area contributed by atoms with Crippen molar-refractivity contribution >= 4 is 11.6 Å². The molecule has 1 amide bonds. The molecular weight excluding hydrogens is 285 g/mol. The number of carbonyl (C=O) groups excluding carboxylic acids is 1. The van der Waals surface area contributed by atoms with Crippen molar-refractivity contribution in [1.82, 2.24) is 10.2 Å². The number of nitrogens with two attached hydrogens (primary N) is 1. The number of halogens is 3. The predicted octanol–water partition coefficient (Wildman–Crippen LogP) is 2.45. The fourth-order valence-corrected chi connectivity index (χ4v) is 1.83. The van der Waals surface area contributed by atoms with E-state index in [2.05, 4.69) is 15.5 Å². The summed E-state index contributed by atoms with van der Waals surface area (Å²) < 4.78 is 39.1. The van der Waals surface area contributed by atoms with Crippen LogP contribution in [-0.4, -0.2) is 16.1 Å². The van der Waals surface area contributed by atoms with E-state index >= 15 is 0 Å². The summed E-state index contributed by atoms with van der Waals surface area (Å²) in [6, 6.07) is 3.56. The first kappa shape index (κ1) is 15.0. The lowest BCUT2D eigenvalue weighted by molar-refractivity contribution is -0.137. The molecule has 21 heavy (non-hydrogen) atoms. The molecule has 0 aliphatic carbocycles. The van der Waals surface area contributed by atoms with Crippen LogP contribution in [-0.2, 0) is 12.7 Å². The molecule has 0 aliphatic heterocycles. The van der Waals surface area contributed by atoms with Crippen LogP contribution < -0.4 is 11.1 Å². The van der Waals surface area contributed by atoms with E-state index < -0.39 is 17.6 Å². The molecule has 0 saturated heterocycles. The maximum atomic E-state index is 13.0. The zero-order chi connectivity index (χ0) is 15.6. The number of anilines is 1. The van der Waals surface area contributed by atoms with Gasteiger partial charge in [-0.25, -0.2) is 0 Å². The Balaban J connectivity index is 2.36. The number of hydrogen-bond acceptors (Lipinski definition) is 3. The fourth-order valence-electron chi connectivity index (χ4n) is 1.83. The molecule has 0 bridgehead atoms. The van der Waals surface area contributed by atoms with Gasteiger partial charge in [-0.1, -0.05) is 6.07 Å². The van der Waals surface area contributed by atoms with Gasteiger partial charge in [0.1, 0.15) is 0 Å². The van der Waals surface area contributed by atoms with Crippen LogP contribution in [0.25, 0.3) is 0 Å². The molecule has 0 unspecified atom stereocenters. The number of aromatic amines is 1. The third-order valence-corrected chi connectivity index (χ3v) is 2.95. The minimum Gasteiger partial charge on any atom is -0.326 e. The summed E-state index contributed by atoms with van der Waals surface area (Å²) in [4.78, 5) is 12.0. The van der Waals surface area contributed by atoms with Crippen molar-refractivity contribution in [2.45, 2.75) is 19.6 Å². The minimum absolute atomic E-state index is 0.0157. The van der Waals surface area contributed by atoms with Crippen LogP contribution in [0.2, 0.25) is 0 Å². The quantitative estimate of drug-likeness (QED) is 0.813. The van der Waals surface area contributed by atoms with Gasteiger partial charge in [0.25, 0.3) is 5.91 Å². The Morgan fingerprint density at radius 1 is 1.43 bits per heavy atom. The van der Waals surface area contributed by atoms with E-state index in [4.69, 9.17) is 5.73 Å². The SMILES string of the molecule is Cc1[nH]ncc1C(=O)Nc1ccc(CN)cc1C(F)(F)F. The first-order valence-corrected chi connectivity index (χ1v) is 6.04. The molecule has 8 heteroatoms. The van der Waals surface area contributed by atoms with Crippen LogP contribution in [0.15, 0.2) is 24.4 Å². The molecule has 2 aromatic rings. The maximum Gasteiger partial charge on any atom is 0.418 e. The van der Waals surface area contributed by atoms with Crippen LogP contribution in [0.5, 0.6) is 0 Å². The summed E-state index contributed by atoms with van der Waals surface area (Å²) in [6.45, 7) is 1.59. The maximum absolute atomic E-state index is 13.0. The summed E-state index contributed by atoms with van der Waals surface area (Å²) in [7, 11) is 0. The van der Waals surface area contributed by atoms with Gasteiger partial charge >= 0.3 is 6.18 Å². The topological polar surface area (TPSA) is 83.8 Å². The summed E-state index contributed by atoms with van der Waals surface area (Å²) >= 11 is 0. The molecule has 0 radical (unpaired) electrons. The van der Waals surface area contributed by atoms with E-state index in [0.717, 1.165) is 6.07 Å². The third-order valence-electron chi connectivity index (χ3n) is 2.95. The van der Waals surface area contributed by atoms with Crippen molar-refractivity contribution in [3.05, 3.63) is 46.8 Å². The second-order valence-corrected chi connectivity index (χ2v) is 4.44. The molecule has 112 valence electrons. The van der Waals surface area contributed by atoms with Gasteiger partial charge in [0.05, 0.1) is 23.0 Å². The number of carbonyl (C=O) groups is 1. The first-order chi connectivity index (χ1) is 9.82. The van der Waals surface area contributed by atoms with Crippen LogP contribution in [0.4, 0.5) is 18.9 Å². The smallest absolute Gasteiger partial charge is 0.326 e. The Labute approximate surface area is 118 Å². The van der Waals surface area contributed by atoms with Crippen LogP contribution in [0, 0.1) is 6.92 Å². The Morgan fingerprint density at radius 2 is 2.14 bits per heavy atom. The van der Waals surface area contributed by atoms with Gasteiger partial charge in [0.15, 0.2) is 0 Å². The average Bonchev–Trinajstić information content (AvgIpc) is 2.84. The lowest BCUT2D eigenvalue weighted by Crippen LogP contribution is -2.17. The highest BCUT2D eigenvalue weighted by Gasteiger charge is 2.34. The number of aryl methyl sites for hydroxylation is 1. The number of H-pyrrole nitrogens is 1. The Hall–Kier alpha value is -2.35. The third kappa shape index (κ3) is 3.22. The van der Waals surface area contributed by atoms with Gasteiger partial charge in [-0.2, -0.15) is 18.3 Å². The predicted molar refractivity (Wildman–Crippen MR) is 70.6 cm³/mol. The number of hydrogen-bond donors (Lipinski definition) is 3. The largest absolute Gasteiger partial charge is 0.418 e. The zero-order valence-corrected chi connectivity index (χ0v) is 11.1. The Kier molecular flexibility index (Phi) is 3.99. The highest BCUT2D eigenvalue weighted by Crippen LogP contribution is 2.35.